The number of hydrogen-bond acceptors (Lipinski definition) is 2. The first-order valence-corrected chi connectivity index (χ1v) is 5.55. The summed E-state index contributed by atoms with van der Waals surface area (Å²) in [6.45, 7) is 0. The van der Waals surface area contributed by atoms with Gasteiger partial charge in [0.15, 0.2) is 0 Å². The van der Waals surface area contributed by atoms with Crippen LogP contribution < -0.4 is 0 Å². The summed E-state index contributed by atoms with van der Waals surface area (Å²) in [5.74, 6) is 0.159. The fourth-order valence-electron chi connectivity index (χ4n) is 1.69. The van der Waals surface area contributed by atoms with Crippen molar-refractivity contribution in [2.45, 2.75) is 12.5 Å². The minimum absolute atomic E-state index is 0.305. The first kappa shape index (κ1) is 12.1. The van der Waals surface area contributed by atoms with Crippen LogP contribution in [0.2, 0.25) is 5.15 Å². The van der Waals surface area contributed by atoms with Gasteiger partial charge < -0.3 is 9.67 Å². The van der Waals surface area contributed by atoms with Gasteiger partial charge in [0.05, 0.1) is 6.20 Å². The van der Waals surface area contributed by atoms with Crippen LogP contribution >= 0.6 is 11.6 Å². The monoisotopic (exact) mass is 254 g/mol. The Labute approximate surface area is 103 Å². The molecule has 0 aliphatic heterocycles. The summed E-state index contributed by atoms with van der Waals surface area (Å²) in [6, 6.07) is 6.14. The third-order valence-electron chi connectivity index (χ3n) is 2.58. The van der Waals surface area contributed by atoms with E-state index in [0.717, 1.165) is 5.56 Å². The van der Waals surface area contributed by atoms with E-state index in [1.807, 2.05) is 0 Å². The number of rotatable bonds is 3. The van der Waals surface area contributed by atoms with Crippen molar-refractivity contribution in [1.82, 2.24) is 9.55 Å². The second-order valence-electron chi connectivity index (χ2n) is 3.85. The van der Waals surface area contributed by atoms with Crippen molar-refractivity contribution in [3.8, 4) is 0 Å². The van der Waals surface area contributed by atoms with E-state index in [1.165, 1.54) is 18.3 Å². The van der Waals surface area contributed by atoms with Crippen LogP contribution in [0.3, 0.4) is 0 Å². The van der Waals surface area contributed by atoms with Crippen molar-refractivity contribution in [2.75, 3.05) is 0 Å². The van der Waals surface area contributed by atoms with Crippen molar-refractivity contribution in [3.63, 3.8) is 0 Å². The Kier molecular flexibility index (Phi) is 3.45. The Hall–Kier alpha value is -1.39. The van der Waals surface area contributed by atoms with Gasteiger partial charge in [-0.3, -0.25) is 0 Å². The van der Waals surface area contributed by atoms with E-state index in [4.69, 9.17) is 11.6 Å². The van der Waals surface area contributed by atoms with Gasteiger partial charge in [0, 0.05) is 13.5 Å². The van der Waals surface area contributed by atoms with Crippen molar-refractivity contribution in [1.29, 1.82) is 0 Å². The number of halogens is 2. The number of nitrogens with zero attached hydrogens (tertiary/aromatic N) is 2. The van der Waals surface area contributed by atoms with Crippen LogP contribution in [-0.2, 0) is 13.5 Å². The Morgan fingerprint density at radius 1 is 1.53 bits per heavy atom. The van der Waals surface area contributed by atoms with Gasteiger partial charge in [0.25, 0.3) is 0 Å². The van der Waals surface area contributed by atoms with Gasteiger partial charge in [0.2, 0.25) is 0 Å². The molecule has 0 saturated heterocycles. The standard InChI is InChI=1S/C12H12ClFN2O/c1-16-11(13)7-15-12(16)10(17)6-8-3-2-4-9(14)5-8/h2-5,7,10,17H,6H2,1H3. The highest BCUT2D eigenvalue weighted by molar-refractivity contribution is 6.29. The van der Waals surface area contributed by atoms with Crippen LogP contribution in [0.15, 0.2) is 30.5 Å². The fourth-order valence-corrected chi connectivity index (χ4v) is 1.83. The van der Waals surface area contributed by atoms with Gasteiger partial charge in [-0.15, -0.1) is 0 Å². The quantitative estimate of drug-likeness (QED) is 0.914. The smallest absolute Gasteiger partial charge is 0.138 e. The number of aromatic nitrogens is 2. The zero-order chi connectivity index (χ0) is 12.4. The second kappa shape index (κ2) is 4.85. The van der Waals surface area contributed by atoms with Crippen LogP contribution in [0, 0.1) is 5.82 Å². The summed E-state index contributed by atoms with van der Waals surface area (Å²) >= 11 is 5.83. The maximum absolute atomic E-state index is 13.0. The highest BCUT2D eigenvalue weighted by Crippen LogP contribution is 2.20. The van der Waals surface area contributed by atoms with Crippen LogP contribution in [0.5, 0.6) is 0 Å². The lowest BCUT2D eigenvalue weighted by atomic mass is 10.1. The highest BCUT2D eigenvalue weighted by Gasteiger charge is 2.15. The molecule has 0 aliphatic carbocycles. The summed E-state index contributed by atoms with van der Waals surface area (Å²) < 4.78 is 14.6. The SMILES string of the molecule is Cn1c(Cl)cnc1C(O)Cc1cccc(F)c1. The van der Waals surface area contributed by atoms with Gasteiger partial charge in [-0.1, -0.05) is 23.7 Å². The average Bonchev–Trinajstić information content (AvgIpc) is 2.60. The van der Waals surface area contributed by atoms with Crippen molar-refractivity contribution in [3.05, 3.63) is 52.8 Å². The molecule has 5 heteroatoms. The molecule has 2 rings (SSSR count). The fraction of sp³-hybridized carbons (Fsp3) is 0.250. The number of aliphatic hydroxyl groups is 1. The van der Waals surface area contributed by atoms with E-state index in [-0.39, 0.29) is 5.82 Å². The van der Waals surface area contributed by atoms with E-state index in [2.05, 4.69) is 4.98 Å². The first-order valence-electron chi connectivity index (χ1n) is 5.17. The first-order chi connectivity index (χ1) is 8.08. The zero-order valence-electron chi connectivity index (χ0n) is 9.27. The molecule has 17 heavy (non-hydrogen) atoms. The second-order valence-corrected chi connectivity index (χ2v) is 4.24. The summed E-state index contributed by atoms with van der Waals surface area (Å²) in [5, 5.41) is 10.5. The van der Waals surface area contributed by atoms with E-state index in [9.17, 15) is 9.50 Å². The largest absolute Gasteiger partial charge is 0.385 e. The third kappa shape index (κ3) is 2.65. The summed E-state index contributed by atoms with van der Waals surface area (Å²) in [4.78, 5) is 4.02. The molecule has 1 aromatic heterocycles. The molecule has 0 bridgehead atoms. The molecule has 0 saturated carbocycles. The van der Waals surface area contributed by atoms with Crippen molar-refractivity contribution < 1.29 is 9.50 Å². The molecule has 1 aromatic carbocycles. The molecule has 3 nitrogen and oxygen atoms in total. The molecule has 0 radical (unpaired) electrons. The molecule has 0 spiro atoms. The molecule has 0 aliphatic rings. The van der Waals surface area contributed by atoms with Gasteiger partial charge in [0.1, 0.15) is 22.9 Å². The lowest BCUT2D eigenvalue weighted by Crippen LogP contribution is -2.08. The van der Waals surface area contributed by atoms with E-state index in [1.54, 1.807) is 23.7 Å². The summed E-state index contributed by atoms with van der Waals surface area (Å²) in [5.41, 5.74) is 0.719. The van der Waals surface area contributed by atoms with Gasteiger partial charge in [-0.25, -0.2) is 9.37 Å². The average molecular weight is 255 g/mol. The maximum atomic E-state index is 13.0. The molecule has 0 amide bonds. The molecule has 2 aromatic rings. The van der Waals surface area contributed by atoms with E-state index < -0.39 is 6.10 Å². The van der Waals surface area contributed by atoms with Crippen molar-refractivity contribution >= 4 is 11.6 Å². The predicted molar refractivity (Wildman–Crippen MR) is 63.3 cm³/mol. The molecule has 0 fully saturated rings. The molecule has 1 N–H and O–H groups in total. The lowest BCUT2D eigenvalue weighted by molar-refractivity contribution is 0.165. The van der Waals surface area contributed by atoms with Crippen LogP contribution in [0.25, 0.3) is 0 Å². The minimum atomic E-state index is -0.797. The van der Waals surface area contributed by atoms with Crippen LogP contribution in [0.4, 0.5) is 4.39 Å². The molecule has 1 heterocycles. The lowest BCUT2D eigenvalue weighted by Gasteiger charge is -2.10. The Morgan fingerprint density at radius 2 is 2.29 bits per heavy atom. The third-order valence-corrected chi connectivity index (χ3v) is 2.93. The Morgan fingerprint density at radius 3 is 2.88 bits per heavy atom. The molecule has 1 atom stereocenters. The molecule has 1 unspecified atom stereocenters. The van der Waals surface area contributed by atoms with Gasteiger partial charge in [-0.2, -0.15) is 0 Å². The summed E-state index contributed by atoms with van der Waals surface area (Å²) in [6.07, 6.45) is 0.985. The van der Waals surface area contributed by atoms with Crippen LogP contribution in [0.1, 0.15) is 17.5 Å². The van der Waals surface area contributed by atoms with E-state index in [0.29, 0.717) is 17.4 Å². The molecular weight excluding hydrogens is 243 g/mol. The number of aliphatic hydroxyl groups excluding tert-OH is 1. The number of benzene rings is 1. The maximum Gasteiger partial charge on any atom is 0.138 e. The topological polar surface area (TPSA) is 38.0 Å². The van der Waals surface area contributed by atoms with Crippen molar-refractivity contribution in [2.24, 2.45) is 7.05 Å². The highest BCUT2D eigenvalue weighted by atomic mass is 35.5. The number of hydrogen-bond donors (Lipinski definition) is 1. The van der Waals surface area contributed by atoms with Crippen LogP contribution in [-0.4, -0.2) is 14.7 Å². The predicted octanol–water partition coefficient (Wildman–Crippen LogP) is 2.49. The van der Waals surface area contributed by atoms with Gasteiger partial charge >= 0.3 is 0 Å². The normalized spacial score (nSPS) is 12.7. The molecule has 90 valence electrons. The van der Waals surface area contributed by atoms with Gasteiger partial charge in [-0.05, 0) is 17.7 Å². The Bertz CT molecular complexity index is 527. The Balaban J connectivity index is 2.17. The minimum Gasteiger partial charge on any atom is -0.385 e. The zero-order valence-corrected chi connectivity index (χ0v) is 10.0. The van der Waals surface area contributed by atoms with E-state index >= 15 is 0 Å². The number of imidazole rings is 1. The summed E-state index contributed by atoms with van der Waals surface area (Å²) in [7, 11) is 1.72. The molecular formula is C12H12ClFN2O.